The average molecular weight is 399 g/mol. The Kier molecular flexibility index (Phi) is 6.17. The van der Waals surface area contributed by atoms with Gasteiger partial charge in [-0.15, -0.1) is 0 Å². The molecule has 3 N–H and O–H groups in total. The predicted octanol–water partition coefficient (Wildman–Crippen LogP) is 1.22. The molecule has 0 spiro atoms. The molecule has 0 unspecified atom stereocenters. The van der Waals surface area contributed by atoms with Crippen molar-refractivity contribution in [2.24, 2.45) is 5.92 Å². The monoisotopic (exact) mass is 399 g/mol. The fourth-order valence-electron chi connectivity index (χ4n) is 2.62. The molecule has 0 saturated heterocycles. The number of nitrogens with one attached hydrogen (secondary N) is 2. The van der Waals surface area contributed by atoms with Gasteiger partial charge in [0.1, 0.15) is 11.4 Å². The summed E-state index contributed by atoms with van der Waals surface area (Å²) in [6.07, 6.45) is 0. The molecule has 0 saturated carbocycles. The van der Waals surface area contributed by atoms with Crippen LogP contribution in [0.3, 0.4) is 0 Å². The number of rotatable bonds is 6. The van der Waals surface area contributed by atoms with Crippen LogP contribution in [0.5, 0.6) is 5.75 Å². The van der Waals surface area contributed by atoms with Gasteiger partial charge < -0.3 is 20.6 Å². The van der Waals surface area contributed by atoms with E-state index in [0.717, 1.165) is 4.90 Å². The second-order valence-corrected chi connectivity index (χ2v) is 7.45. The van der Waals surface area contributed by atoms with Crippen LogP contribution in [0.4, 0.5) is 5.69 Å². The van der Waals surface area contributed by atoms with Crippen LogP contribution in [-0.4, -0.2) is 59.8 Å². The fraction of sp³-hybridized carbons (Fsp3) is 0.400. The summed E-state index contributed by atoms with van der Waals surface area (Å²) in [4.78, 5) is 39.7. The van der Waals surface area contributed by atoms with Crippen molar-refractivity contribution in [2.75, 3.05) is 26.5 Å². The van der Waals surface area contributed by atoms with Crippen LogP contribution in [0, 0.1) is 17.2 Å². The topological polar surface area (TPSA) is 126 Å². The van der Waals surface area contributed by atoms with Gasteiger partial charge in [0.15, 0.2) is 5.75 Å². The number of nitriles is 1. The smallest absolute Gasteiger partial charge is 0.279 e. The Hall–Kier alpha value is -3.54. The molecule has 1 aromatic carbocycles. The molecule has 1 atom stereocenters. The first-order valence-electron chi connectivity index (χ1n) is 9.08. The maximum Gasteiger partial charge on any atom is 0.279 e. The number of anilines is 1. The van der Waals surface area contributed by atoms with Crippen molar-refractivity contribution in [3.05, 3.63) is 34.7 Å². The lowest BCUT2D eigenvalue weighted by atomic mass is 10.1. The Morgan fingerprint density at radius 1 is 1.17 bits per heavy atom. The highest BCUT2D eigenvalue weighted by atomic mass is 16.3. The molecular weight excluding hydrogens is 374 g/mol. The van der Waals surface area contributed by atoms with Crippen LogP contribution in [0.25, 0.3) is 0 Å². The number of amides is 3. The number of phenolic OH excluding ortho intramolecular Hbond substituents is 1. The number of aromatic hydroxyl groups is 1. The molecule has 2 rings (SSSR count). The third kappa shape index (κ3) is 4.16. The Balaban J connectivity index is 2.57. The molecule has 0 bridgehead atoms. The third-order valence-corrected chi connectivity index (χ3v) is 4.79. The summed E-state index contributed by atoms with van der Waals surface area (Å²) in [5.74, 6) is -1.82. The van der Waals surface area contributed by atoms with E-state index >= 15 is 0 Å². The molecule has 3 amide bonds. The number of benzene rings is 1. The van der Waals surface area contributed by atoms with Crippen LogP contribution < -0.4 is 10.6 Å². The molecule has 0 aromatic heterocycles. The zero-order valence-corrected chi connectivity index (χ0v) is 17.3. The Morgan fingerprint density at radius 2 is 1.76 bits per heavy atom. The first kappa shape index (κ1) is 21.8. The highest BCUT2D eigenvalue weighted by Gasteiger charge is 2.37. The molecule has 29 heavy (non-hydrogen) atoms. The summed E-state index contributed by atoms with van der Waals surface area (Å²) in [6, 6.07) is 4.41. The van der Waals surface area contributed by atoms with Crippen molar-refractivity contribution in [1.29, 1.82) is 5.26 Å². The first-order valence-corrected chi connectivity index (χ1v) is 9.08. The van der Waals surface area contributed by atoms with Crippen molar-refractivity contribution in [2.45, 2.75) is 26.8 Å². The van der Waals surface area contributed by atoms with E-state index in [0.29, 0.717) is 0 Å². The number of hydrogen-bond donors (Lipinski definition) is 3. The molecule has 1 aliphatic rings. The van der Waals surface area contributed by atoms with Gasteiger partial charge in [-0.05, 0) is 25.0 Å². The quantitative estimate of drug-likeness (QED) is 0.485. The Morgan fingerprint density at radius 3 is 2.28 bits per heavy atom. The van der Waals surface area contributed by atoms with Gasteiger partial charge in [0, 0.05) is 27.2 Å². The SMILES string of the molecule is CC(C)[C@H](C)NC1=C(Nc2cc(C#N)cc(C(=O)N(C)C)c2O)C(=O)N(C)C1=O. The predicted molar refractivity (Wildman–Crippen MR) is 107 cm³/mol. The zero-order valence-electron chi connectivity index (χ0n) is 17.3. The van der Waals surface area contributed by atoms with E-state index in [1.165, 1.54) is 38.2 Å². The van der Waals surface area contributed by atoms with Crippen molar-refractivity contribution in [1.82, 2.24) is 15.1 Å². The minimum atomic E-state index is -0.587. The molecule has 0 fully saturated rings. The molecule has 154 valence electrons. The van der Waals surface area contributed by atoms with Gasteiger partial charge in [0.2, 0.25) is 0 Å². The summed E-state index contributed by atoms with van der Waals surface area (Å²) in [6.45, 7) is 5.82. The van der Waals surface area contributed by atoms with E-state index in [1.54, 1.807) is 0 Å². The number of carbonyl (C=O) groups is 3. The highest BCUT2D eigenvalue weighted by molar-refractivity contribution is 6.20. The zero-order chi connectivity index (χ0) is 22.0. The average Bonchev–Trinajstić information content (AvgIpc) is 2.86. The molecule has 1 aromatic rings. The fourth-order valence-corrected chi connectivity index (χ4v) is 2.62. The second-order valence-electron chi connectivity index (χ2n) is 7.45. The number of hydrogen-bond acceptors (Lipinski definition) is 7. The Labute approximate surface area is 169 Å². The Bertz CT molecular complexity index is 943. The van der Waals surface area contributed by atoms with Crippen molar-refractivity contribution >= 4 is 23.4 Å². The van der Waals surface area contributed by atoms with E-state index < -0.39 is 23.5 Å². The molecule has 0 aliphatic carbocycles. The van der Waals surface area contributed by atoms with Gasteiger partial charge >= 0.3 is 0 Å². The van der Waals surface area contributed by atoms with Gasteiger partial charge in [0.25, 0.3) is 17.7 Å². The lowest BCUT2D eigenvalue weighted by molar-refractivity contribution is -0.136. The molecule has 0 radical (unpaired) electrons. The van der Waals surface area contributed by atoms with Crippen LogP contribution in [0.2, 0.25) is 0 Å². The van der Waals surface area contributed by atoms with Gasteiger partial charge in [-0.2, -0.15) is 5.26 Å². The summed E-state index contributed by atoms with van der Waals surface area (Å²) in [5.41, 5.74) is 0.0235. The number of likely N-dealkylation sites (N-methyl/N-ethyl adjacent to an activating group) is 1. The summed E-state index contributed by atoms with van der Waals surface area (Å²) >= 11 is 0. The third-order valence-electron chi connectivity index (χ3n) is 4.79. The maximum absolute atomic E-state index is 12.6. The van der Waals surface area contributed by atoms with Gasteiger partial charge in [0.05, 0.1) is 22.9 Å². The normalized spacial score (nSPS) is 14.9. The molecule has 9 heteroatoms. The maximum atomic E-state index is 12.6. The highest BCUT2D eigenvalue weighted by Crippen LogP contribution is 2.33. The first-order chi connectivity index (χ1) is 13.5. The van der Waals surface area contributed by atoms with Crippen LogP contribution in [0.1, 0.15) is 36.7 Å². The molecular formula is C20H25N5O4. The van der Waals surface area contributed by atoms with Gasteiger partial charge in [-0.1, -0.05) is 13.8 Å². The van der Waals surface area contributed by atoms with Crippen LogP contribution in [-0.2, 0) is 9.59 Å². The van der Waals surface area contributed by atoms with Crippen molar-refractivity contribution < 1.29 is 19.5 Å². The number of imide groups is 1. The standard InChI is InChI=1S/C20H25N5O4/c1-10(2)11(3)22-15-16(20(29)25(6)19(15)28)23-14-8-12(9-21)7-13(17(14)26)18(27)24(4)5/h7-8,10-11,22-23,26H,1-6H3/t11-/m0/s1. The van der Waals surface area contributed by atoms with Crippen LogP contribution >= 0.6 is 0 Å². The minimum Gasteiger partial charge on any atom is -0.505 e. The minimum absolute atomic E-state index is 0.0165. The summed E-state index contributed by atoms with van der Waals surface area (Å²) in [7, 11) is 4.38. The van der Waals surface area contributed by atoms with E-state index in [1.807, 2.05) is 26.8 Å². The molecule has 9 nitrogen and oxygen atoms in total. The molecule has 1 heterocycles. The summed E-state index contributed by atoms with van der Waals surface area (Å²) < 4.78 is 0. The van der Waals surface area contributed by atoms with E-state index in [-0.39, 0.29) is 40.2 Å². The van der Waals surface area contributed by atoms with Gasteiger partial charge in [-0.25, -0.2) is 0 Å². The lowest BCUT2D eigenvalue weighted by Crippen LogP contribution is -2.35. The van der Waals surface area contributed by atoms with E-state index in [9.17, 15) is 24.8 Å². The van der Waals surface area contributed by atoms with Crippen LogP contribution in [0.15, 0.2) is 23.5 Å². The number of carbonyl (C=O) groups excluding carboxylic acids is 3. The molecule has 1 aliphatic heterocycles. The van der Waals surface area contributed by atoms with Crippen molar-refractivity contribution in [3.63, 3.8) is 0 Å². The van der Waals surface area contributed by atoms with Crippen molar-refractivity contribution in [3.8, 4) is 11.8 Å². The largest absolute Gasteiger partial charge is 0.505 e. The second kappa shape index (κ2) is 8.22. The lowest BCUT2D eigenvalue weighted by Gasteiger charge is -2.20. The summed E-state index contributed by atoms with van der Waals surface area (Å²) in [5, 5.41) is 25.7. The number of phenols is 1. The number of nitrogens with zero attached hydrogens (tertiary/aromatic N) is 3. The van der Waals surface area contributed by atoms with Gasteiger partial charge in [-0.3, -0.25) is 19.3 Å². The van der Waals surface area contributed by atoms with E-state index in [2.05, 4.69) is 10.6 Å². The van der Waals surface area contributed by atoms with E-state index in [4.69, 9.17) is 0 Å².